The van der Waals surface area contributed by atoms with Gasteiger partial charge in [0.05, 0.1) is 0 Å². The zero-order chi connectivity index (χ0) is 51.6. The van der Waals surface area contributed by atoms with Crippen LogP contribution in [0.25, 0.3) is 0 Å². The molecule has 366 valence electrons. The summed E-state index contributed by atoms with van der Waals surface area (Å²) in [5.41, 5.74) is 18.4. The highest BCUT2D eigenvalue weighted by atomic mass is 15.5. The molecule has 0 bridgehead atoms. The minimum absolute atomic E-state index is 0.0227. The van der Waals surface area contributed by atoms with E-state index in [0.29, 0.717) is 35.4 Å². The summed E-state index contributed by atoms with van der Waals surface area (Å²) < 4.78 is 0. The van der Waals surface area contributed by atoms with Crippen LogP contribution in [0.15, 0.2) is 188 Å². The van der Waals surface area contributed by atoms with Gasteiger partial charge < -0.3 is 9.80 Å². The number of benzene rings is 7. The third-order valence-electron chi connectivity index (χ3n) is 14.9. The summed E-state index contributed by atoms with van der Waals surface area (Å²) in [6.07, 6.45) is 0. The largest absolute Gasteiger partial charge is 0.311 e. The first kappa shape index (κ1) is 47.1. The summed E-state index contributed by atoms with van der Waals surface area (Å²) in [5.74, 6) is 2.82. The molecular weight excluding hydrogens is 906 g/mol. The zero-order valence-electron chi connectivity index (χ0n) is 44.6. The molecule has 12 rings (SSSR count). The Hall–Kier alpha value is -7.98. The number of aliphatic imine (C=N–C) groups is 6. The molecule has 5 heterocycles. The van der Waals surface area contributed by atoms with Crippen LogP contribution in [-0.4, -0.2) is 47.0 Å². The van der Waals surface area contributed by atoms with Gasteiger partial charge >= 0.3 is 0 Å². The summed E-state index contributed by atoms with van der Waals surface area (Å²) in [6, 6.07) is 57.2. The molecule has 0 radical (unpaired) electrons. The average Bonchev–Trinajstić information content (AvgIpc) is 3.41. The molecule has 0 aliphatic carbocycles. The SMILES string of the molecule is CC(C)(C)c1ccc(N2c3ccc(C(C)(C)C)cc3B3c4cc(C(C)(C)C)ccc4N(c4ccc(C5=NC6=NC(c7ccccc7)=NC7=NC(c8ccccc8)=NC(=N5)N76)cc4)c4cc(C(C)(C)C)cc2c43)cc1. The Labute approximate surface area is 436 Å². The van der Waals surface area contributed by atoms with Gasteiger partial charge in [0.25, 0.3) is 6.71 Å². The number of anilines is 6. The average molecular weight is 968 g/mol. The molecule has 9 nitrogen and oxygen atoms in total. The van der Waals surface area contributed by atoms with E-state index in [-0.39, 0.29) is 28.4 Å². The van der Waals surface area contributed by atoms with Crippen molar-refractivity contribution in [1.29, 1.82) is 0 Å². The number of guanidine groups is 3. The summed E-state index contributed by atoms with van der Waals surface area (Å²) in [4.78, 5) is 36.8. The molecule has 0 unspecified atom stereocenters. The van der Waals surface area contributed by atoms with Crippen molar-refractivity contribution in [1.82, 2.24) is 4.90 Å². The lowest BCUT2D eigenvalue weighted by Gasteiger charge is -2.45. The van der Waals surface area contributed by atoms with Gasteiger partial charge in [-0.3, -0.25) is 0 Å². The molecular formula is C64H62BN9. The number of hydrogen-bond acceptors (Lipinski definition) is 9. The summed E-state index contributed by atoms with van der Waals surface area (Å²) in [6.45, 7) is 27.7. The molecule has 7 aromatic rings. The highest BCUT2D eigenvalue weighted by Gasteiger charge is 2.45. The summed E-state index contributed by atoms with van der Waals surface area (Å²) in [5, 5.41) is 0. The maximum atomic E-state index is 5.11. The Morgan fingerprint density at radius 2 is 0.662 bits per heavy atom. The molecule has 10 heteroatoms. The standard InChI is InChI=1S/C64H62BN9/c1-61(2,3)42-25-31-47(32-26-42)73-51-34-28-44(63(7,8)9)36-49(51)65-48-35-43(62(4,5)6)27-33-50(48)72(52-37-45(64(10,11)12)38-53(73)54(52)65)46-29-23-41(24-30-46)57-70-59-68-55(39-19-15-13-16-20-39)66-58-67-56(40-21-17-14-18-22-40)69-60(71-57)74(58)59/h13-38H,1-12H3. The summed E-state index contributed by atoms with van der Waals surface area (Å²) in [7, 11) is 0. The molecule has 0 atom stereocenters. The van der Waals surface area contributed by atoms with Crippen LogP contribution in [0.2, 0.25) is 0 Å². The fraction of sp³-hybridized carbons (Fsp3) is 0.250. The van der Waals surface area contributed by atoms with Gasteiger partial charge in [-0.2, -0.15) is 30.0 Å². The van der Waals surface area contributed by atoms with E-state index in [4.69, 9.17) is 30.0 Å². The quantitative estimate of drug-likeness (QED) is 0.161. The van der Waals surface area contributed by atoms with E-state index in [0.717, 1.165) is 28.1 Å². The van der Waals surface area contributed by atoms with E-state index >= 15 is 0 Å². The first-order valence-electron chi connectivity index (χ1n) is 25.9. The van der Waals surface area contributed by atoms with Gasteiger partial charge in [0.2, 0.25) is 17.9 Å². The second kappa shape index (κ2) is 16.8. The van der Waals surface area contributed by atoms with E-state index in [2.05, 4.69) is 190 Å². The minimum Gasteiger partial charge on any atom is -0.311 e. The van der Waals surface area contributed by atoms with Crippen molar-refractivity contribution in [3.8, 4) is 0 Å². The Morgan fingerprint density at radius 1 is 0.311 bits per heavy atom. The van der Waals surface area contributed by atoms with Crippen LogP contribution in [-0.2, 0) is 21.7 Å². The number of hydrogen-bond donors (Lipinski definition) is 0. The lowest BCUT2D eigenvalue weighted by molar-refractivity contribution is 0.589. The van der Waals surface area contributed by atoms with Crippen molar-refractivity contribution in [3.63, 3.8) is 0 Å². The highest BCUT2D eigenvalue weighted by Crippen LogP contribution is 2.47. The van der Waals surface area contributed by atoms with Crippen LogP contribution in [0, 0.1) is 0 Å². The molecule has 5 aliphatic rings. The molecule has 0 saturated carbocycles. The molecule has 0 amide bonds. The molecule has 0 fully saturated rings. The number of nitrogens with zero attached hydrogens (tertiary/aromatic N) is 9. The van der Waals surface area contributed by atoms with Crippen LogP contribution in [0.1, 0.15) is 122 Å². The predicted molar refractivity (Wildman–Crippen MR) is 312 cm³/mol. The maximum Gasteiger partial charge on any atom is 0.252 e. The zero-order valence-corrected chi connectivity index (χ0v) is 44.6. The lowest BCUT2D eigenvalue weighted by Crippen LogP contribution is -2.61. The second-order valence-electron chi connectivity index (χ2n) is 24.3. The first-order valence-corrected chi connectivity index (χ1v) is 25.9. The first-order chi connectivity index (χ1) is 35.2. The highest BCUT2D eigenvalue weighted by molar-refractivity contribution is 7.00. The van der Waals surface area contributed by atoms with Gasteiger partial charge in [-0.25, -0.2) is 4.90 Å². The van der Waals surface area contributed by atoms with Crippen LogP contribution in [0.5, 0.6) is 0 Å². The van der Waals surface area contributed by atoms with Crippen molar-refractivity contribution in [2.45, 2.75) is 105 Å². The molecule has 7 aromatic carbocycles. The smallest absolute Gasteiger partial charge is 0.252 e. The molecule has 74 heavy (non-hydrogen) atoms. The number of amidine groups is 3. The van der Waals surface area contributed by atoms with Gasteiger partial charge in [-0.05, 0) is 121 Å². The van der Waals surface area contributed by atoms with E-state index in [9.17, 15) is 0 Å². The van der Waals surface area contributed by atoms with E-state index in [1.807, 2.05) is 60.7 Å². The molecule has 0 N–H and O–H groups in total. The van der Waals surface area contributed by atoms with Crippen LogP contribution >= 0.6 is 0 Å². The predicted octanol–water partition coefficient (Wildman–Crippen LogP) is 13.0. The van der Waals surface area contributed by atoms with Crippen LogP contribution < -0.4 is 26.2 Å². The van der Waals surface area contributed by atoms with Crippen molar-refractivity contribution in [3.05, 3.63) is 197 Å². The van der Waals surface area contributed by atoms with Crippen molar-refractivity contribution < 1.29 is 0 Å². The van der Waals surface area contributed by atoms with Gasteiger partial charge in [0, 0.05) is 50.8 Å². The number of rotatable bonds is 5. The van der Waals surface area contributed by atoms with Gasteiger partial charge in [-0.1, -0.05) is 180 Å². The van der Waals surface area contributed by atoms with Crippen molar-refractivity contribution in [2.75, 3.05) is 9.80 Å². The van der Waals surface area contributed by atoms with Gasteiger partial charge in [0.15, 0.2) is 17.5 Å². The molecule has 0 saturated heterocycles. The Morgan fingerprint density at radius 3 is 1.04 bits per heavy atom. The Kier molecular flexibility index (Phi) is 10.7. The normalized spacial score (nSPS) is 15.9. The van der Waals surface area contributed by atoms with E-state index in [1.165, 1.54) is 61.4 Å². The van der Waals surface area contributed by atoms with Crippen LogP contribution in [0.3, 0.4) is 0 Å². The maximum absolute atomic E-state index is 5.11. The minimum atomic E-state index is -0.156. The van der Waals surface area contributed by atoms with E-state index in [1.54, 1.807) is 4.90 Å². The monoisotopic (exact) mass is 968 g/mol. The van der Waals surface area contributed by atoms with Crippen LogP contribution in [0.4, 0.5) is 34.1 Å². The third kappa shape index (κ3) is 8.02. The topological polar surface area (TPSA) is 83.9 Å². The van der Waals surface area contributed by atoms with Gasteiger partial charge in [-0.15, -0.1) is 0 Å². The molecule has 0 aromatic heterocycles. The molecule has 5 aliphatic heterocycles. The fourth-order valence-corrected chi connectivity index (χ4v) is 10.6. The van der Waals surface area contributed by atoms with E-state index < -0.39 is 0 Å². The Balaban J connectivity index is 1.05. The summed E-state index contributed by atoms with van der Waals surface area (Å²) >= 11 is 0. The Bertz CT molecular complexity index is 3590. The van der Waals surface area contributed by atoms with Gasteiger partial charge in [0.1, 0.15) is 0 Å². The lowest BCUT2D eigenvalue weighted by atomic mass is 9.33. The fourth-order valence-electron chi connectivity index (χ4n) is 10.6. The molecule has 0 spiro atoms. The van der Waals surface area contributed by atoms with Crippen molar-refractivity contribution >= 4 is 92.6 Å². The third-order valence-corrected chi connectivity index (χ3v) is 14.9. The van der Waals surface area contributed by atoms with Crippen molar-refractivity contribution in [2.24, 2.45) is 30.0 Å². The number of fused-ring (bicyclic) bond motifs is 4. The second-order valence-corrected chi connectivity index (χ2v) is 24.3.